The minimum absolute atomic E-state index is 0.731. The SMILES string of the molecule is C#CC(C)(C)N1C(=O)NC(=O)C1=O. The zero-order valence-corrected chi connectivity index (χ0v) is 7.25. The molecule has 1 aliphatic heterocycles. The number of terminal acetylenes is 1. The van der Waals surface area contributed by atoms with E-state index in [2.05, 4.69) is 5.92 Å². The van der Waals surface area contributed by atoms with Crippen LogP contribution in [0.1, 0.15) is 13.8 Å². The monoisotopic (exact) mass is 180 g/mol. The number of carbonyl (C=O) groups is 3. The molecule has 0 aromatic rings. The van der Waals surface area contributed by atoms with Crippen molar-refractivity contribution in [3.05, 3.63) is 0 Å². The van der Waals surface area contributed by atoms with Crippen molar-refractivity contribution in [3.63, 3.8) is 0 Å². The van der Waals surface area contributed by atoms with E-state index in [9.17, 15) is 14.4 Å². The van der Waals surface area contributed by atoms with E-state index in [1.807, 2.05) is 5.32 Å². The second-order valence-corrected chi connectivity index (χ2v) is 3.10. The van der Waals surface area contributed by atoms with Gasteiger partial charge in [0.25, 0.3) is 0 Å². The van der Waals surface area contributed by atoms with Crippen molar-refractivity contribution in [2.75, 3.05) is 0 Å². The van der Waals surface area contributed by atoms with Crippen LogP contribution in [0.4, 0.5) is 4.79 Å². The van der Waals surface area contributed by atoms with Gasteiger partial charge in [0.2, 0.25) is 0 Å². The van der Waals surface area contributed by atoms with Crippen LogP contribution in [0.3, 0.4) is 0 Å². The molecule has 0 spiro atoms. The number of hydrogen-bond acceptors (Lipinski definition) is 3. The molecule has 0 atom stereocenters. The second-order valence-electron chi connectivity index (χ2n) is 3.10. The quantitative estimate of drug-likeness (QED) is 0.335. The van der Waals surface area contributed by atoms with E-state index in [0.717, 1.165) is 4.90 Å². The van der Waals surface area contributed by atoms with E-state index < -0.39 is 23.4 Å². The number of hydrogen-bond donors (Lipinski definition) is 1. The molecule has 1 saturated heterocycles. The smallest absolute Gasteiger partial charge is 0.269 e. The topological polar surface area (TPSA) is 66.5 Å². The van der Waals surface area contributed by atoms with Crippen LogP contribution < -0.4 is 5.32 Å². The fourth-order valence-electron chi connectivity index (χ4n) is 0.973. The van der Waals surface area contributed by atoms with Gasteiger partial charge in [0.05, 0.1) is 0 Å². The molecule has 1 fully saturated rings. The van der Waals surface area contributed by atoms with Crippen LogP contribution >= 0.6 is 0 Å². The number of rotatable bonds is 1. The van der Waals surface area contributed by atoms with Crippen molar-refractivity contribution < 1.29 is 14.4 Å². The molecule has 5 nitrogen and oxygen atoms in total. The summed E-state index contributed by atoms with van der Waals surface area (Å²) in [6.07, 6.45) is 5.12. The van der Waals surface area contributed by atoms with Crippen LogP contribution in [0.2, 0.25) is 0 Å². The van der Waals surface area contributed by atoms with Gasteiger partial charge >= 0.3 is 17.8 Å². The van der Waals surface area contributed by atoms with Gasteiger partial charge < -0.3 is 0 Å². The Bertz CT molecular complexity index is 338. The molecule has 0 bridgehead atoms. The van der Waals surface area contributed by atoms with Gasteiger partial charge in [-0.15, -0.1) is 6.42 Å². The van der Waals surface area contributed by atoms with E-state index >= 15 is 0 Å². The molecule has 0 saturated carbocycles. The Hall–Kier alpha value is -1.83. The summed E-state index contributed by atoms with van der Waals surface area (Å²) < 4.78 is 0. The molecule has 0 aromatic heterocycles. The molecule has 1 heterocycles. The maximum Gasteiger partial charge on any atom is 0.332 e. The van der Waals surface area contributed by atoms with Crippen molar-refractivity contribution in [2.45, 2.75) is 19.4 Å². The highest BCUT2D eigenvalue weighted by atomic mass is 16.2. The molecule has 0 aromatic carbocycles. The summed E-state index contributed by atoms with van der Waals surface area (Å²) in [5.74, 6) is 0.411. The summed E-state index contributed by atoms with van der Waals surface area (Å²) in [4.78, 5) is 33.7. The van der Waals surface area contributed by atoms with Crippen molar-refractivity contribution in [1.82, 2.24) is 10.2 Å². The highest BCUT2D eigenvalue weighted by molar-refractivity contribution is 6.45. The fraction of sp³-hybridized carbons (Fsp3) is 0.375. The van der Waals surface area contributed by atoms with E-state index in [1.165, 1.54) is 13.8 Å². The lowest BCUT2D eigenvalue weighted by molar-refractivity contribution is -0.141. The predicted octanol–water partition coefficient (Wildman–Crippen LogP) is -0.523. The molecule has 1 N–H and O–H groups in total. The number of urea groups is 1. The van der Waals surface area contributed by atoms with Gasteiger partial charge in [-0.3, -0.25) is 14.9 Å². The first-order valence-electron chi connectivity index (χ1n) is 3.57. The van der Waals surface area contributed by atoms with Gasteiger partial charge in [0, 0.05) is 0 Å². The normalized spacial score (nSPS) is 17.3. The average molecular weight is 180 g/mol. The molecular weight excluding hydrogens is 172 g/mol. The van der Waals surface area contributed by atoms with Crippen LogP contribution in [-0.4, -0.2) is 28.3 Å². The van der Waals surface area contributed by atoms with Gasteiger partial charge in [0.1, 0.15) is 5.54 Å². The minimum Gasteiger partial charge on any atom is -0.269 e. The summed E-state index contributed by atoms with van der Waals surface area (Å²) in [7, 11) is 0. The second kappa shape index (κ2) is 2.59. The first-order valence-corrected chi connectivity index (χ1v) is 3.57. The van der Waals surface area contributed by atoms with Gasteiger partial charge in [-0.1, -0.05) is 5.92 Å². The molecule has 0 unspecified atom stereocenters. The molecule has 5 heteroatoms. The number of amides is 4. The summed E-state index contributed by atoms with van der Waals surface area (Å²) in [5, 5.41) is 1.86. The van der Waals surface area contributed by atoms with Crippen LogP contribution in [0.25, 0.3) is 0 Å². The summed E-state index contributed by atoms with van der Waals surface area (Å²) in [6.45, 7) is 3.01. The third-order valence-electron chi connectivity index (χ3n) is 1.73. The third kappa shape index (κ3) is 1.26. The van der Waals surface area contributed by atoms with E-state index in [0.29, 0.717) is 0 Å². The molecule has 1 rings (SSSR count). The van der Waals surface area contributed by atoms with Crippen LogP contribution in [-0.2, 0) is 9.59 Å². The summed E-state index contributed by atoms with van der Waals surface area (Å²) in [6, 6.07) is -0.766. The van der Waals surface area contributed by atoms with Crippen molar-refractivity contribution >= 4 is 17.8 Å². The molecule has 68 valence electrons. The Morgan fingerprint density at radius 1 is 1.38 bits per heavy atom. The zero-order chi connectivity index (χ0) is 10.2. The first-order chi connectivity index (χ1) is 5.90. The maximum atomic E-state index is 11.1. The Kier molecular flexibility index (Phi) is 1.84. The fourth-order valence-corrected chi connectivity index (χ4v) is 0.973. The van der Waals surface area contributed by atoms with E-state index in [-0.39, 0.29) is 0 Å². The molecule has 13 heavy (non-hydrogen) atoms. The van der Waals surface area contributed by atoms with Crippen LogP contribution in [0.15, 0.2) is 0 Å². The van der Waals surface area contributed by atoms with Gasteiger partial charge in [0.15, 0.2) is 0 Å². The number of nitrogens with zero attached hydrogens (tertiary/aromatic N) is 1. The highest BCUT2D eigenvalue weighted by Crippen LogP contribution is 2.16. The Labute approximate surface area is 75.1 Å². The number of imide groups is 2. The lowest BCUT2D eigenvalue weighted by Gasteiger charge is -2.26. The first kappa shape index (κ1) is 9.26. The minimum atomic E-state index is -1.08. The van der Waals surface area contributed by atoms with Gasteiger partial charge in [-0.25, -0.2) is 9.69 Å². The Balaban J connectivity index is 3.08. The van der Waals surface area contributed by atoms with Gasteiger partial charge in [-0.2, -0.15) is 0 Å². The van der Waals surface area contributed by atoms with Crippen molar-refractivity contribution in [2.24, 2.45) is 0 Å². The molecule has 0 radical (unpaired) electrons. The third-order valence-corrected chi connectivity index (χ3v) is 1.73. The maximum absolute atomic E-state index is 11.1. The number of nitrogens with one attached hydrogen (secondary N) is 1. The largest absolute Gasteiger partial charge is 0.332 e. The van der Waals surface area contributed by atoms with Crippen LogP contribution in [0.5, 0.6) is 0 Å². The standard InChI is InChI=1S/C8H8N2O3/c1-4-8(2,3)10-6(12)5(11)9-7(10)13/h1H,2-3H3,(H,9,11,13). The van der Waals surface area contributed by atoms with E-state index in [4.69, 9.17) is 6.42 Å². The lowest BCUT2D eigenvalue weighted by Crippen LogP contribution is -2.47. The van der Waals surface area contributed by atoms with Crippen molar-refractivity contribution in [3.8, 4) is 12.3 Å². The molecule has 0 aliphatic carbocycles. The molecule has 4 amide bonds. The average Bonchev–Trinajstić information content (AvgIpc) is 2.27. The van der Waals surface area contributed by atoms with E-state index in [1.54, 1.807) is 0 Å². The highest BCUT2D eigenvalue weighted by Gasteiger charge is 2.44. The van der Waals surface area contributed by atoms with Gasteiger partial charge in [-0.05, 0) is 13.8 Å². The van der Waals surface area contributed by atoms with Crippen LogP contribution in [0, 0.1) is 12.3 Å². The summed E-state index contributed by atoms with van der Waals surface area (Å²) >= 11 is 0. The molecule has 1 aliphatic rings. The Morgan fingerprint density at radius 3 is 2.23 bits per heavy atom. The lowest BCUT2D eigenvalue weighted by atomic mass is 10.1. The molecular formula is C8H8N2O3. The Morgan fingerprint density at radius 2 is 1.92 bits per heavy atom. The number of carbonyl (C=O) groups excluding carboxylic acids is 3. The zero-order valence-electron chi connectivity index (χ0n) is 7.25. The predicted molar refractivity (Wildman–Crippen MR) is 43.3 cm³/mol. The summed E-state index contributed by atoms with van der Waals surface area (Å²) in [5.41, 5.74) is -1.08. The van der Waals surface area contributed by atoms with Crippen molar-refractivity contribution in [1.29, 1.82) is 0 Å².